The number of esters is 3. The molecule has 0 heterocycles. The van der Waals surface area contributed by atoms with E-state index in [1.54, 1.807) is 0 Å². The van der Waals surface area contributed by atoms with Crippen LogP contribution in [0.5, 0.6) is 0 Å². The first-order valence-corrected chi connectivity index (χ1v) is 37.7. The van der Waals surface area contributed by atoms with Crippen molar-refractivity contribution in [2.24, 2.45) is 0 Å². The van der Waals surface area contributed by atoms with E-state index < -0.39 is 6.10 Å². The molecule has 0 radical (unpaired) electrons. The third-order valence-electron chi connectivity index (χ3n) is 17.5. The molecule has 0 amide bonds. The molecule has 0 rings (SSSR count). The van der Waals surface area contributed by atoms with Gasteiger partial charge in [0.25, 0.3) is 0 Å². The Morgan fingerprint density at radius 1 is 0.232 bits per heavy atom. The largest absolute Gasteiger partial charge is 0.462 e. The molecule has 82 heavy (non-hydrogen) atoms. The number of rotatable bonds is 71. The second-order valence-corrected chi connectivity index (χ2v) is 25.9. The van der Waals surface area contributed by atoms with E-state index in [4.69, 9.17) is 14.2 Å². The fourth-order valence-electron chi connectivity index (χ4n) is 11.9. The fraction of sp³-hybridized carbons (Fsp3) is 0.934. The molecule has 0 aromatic rings. The van der Waals surface area contributed by atoms with Crippen molar-refractivity contribution in [3.05, 3.63) is 12.2 Å². The number of carbonyl (C=O) groups excluding carboxylic acids is 3. The summed E-state index contributed by atoms with van der Waals surface area (Å²) >= 11 is 0. The van der Waals surface area contributed by atoms with Gasteiger partial charge in [0, 0.05) is 19.3 Å². The molecule has 0 spiro atoms. The molecule has 1 unspecified atom stereocenters. The number of allylic oxidation sites excluding steroid dienone is 2. The Bertz CT molecular complexity index is 1280. The van der Waals surface area contributed by atoms with Gasteiger partial charge in [0.2, 0.25) is 0 Å². The van der Waals surface area contributed by atoms with E-state index in [0.717, 1.165) is 57.8 Å². The lowest BCUT2D eigenvalue weighted by Gasteiger charge is -2.18. The predicted molar refractivity (Wildman–Crippen MR) is 358 cm³/mol. The number of ether oxygens (including phenoxy) is 3. The lowest BCUT2D eigenvalue weighted by Crippen LogP contribution is -2.30. The number of unbranched alkanes of at least 4 members (excludes halogenated alkanes) is 58. The molecule has 0 aromatic carbocycles. The first kappa shape index (κ1) is 80.2. The van der Waals surface area contributed by atoms with Crippen molar-refractivity contribution in [3.8, 4) is 0 Å². The van der Waals surface area contributed by atoms with Crippen molar-refractivity contribution < 1.29 is 28.6 Å². The lowest BCUT2D eigenvalue weighted by molar-refractivity contribution is -0.167. The van der Waals surface area contributed by atoms with E-state index in [1.165, 1.54) is 340 Å². The number of hydrogen-bond acceptors (Lipinski definition) is 6. The quantitative estimate of drug-likeness (QED) is 0.0261. The molecular formula is C76H146O6. The van der Waals surface area contributed by atoms with Crippen molar-refractivity contribution in [2.45, 2.75) is 444 Å². The summed E-state index contributed by atoms with van der Waals surface area (Å²) < 4.78 is 16.9. The lowest BCUT2D eigenvalue weighted by atomic mass is 10.0. The zero-order valence-corrected chi connectivity index (χ0v) is 56.1. The van der Waals surface area contributed by atoms with Gasteiger partial charge in [-0.2, -0.15) is 0 Å². The third-order valence-corrected chi connectivity index (χ3v) is 17.5. The first-order valence-electron chi connectivity index (χ1n) is 37.7. The van der Waals surface area contributed by atoms with Gasteiger partial charge in [-0.05, 0) is 44.9 Å². The number of carbonyl (C=O) groups is 3. The molecule has 0 bridgehead atoms. The fourth-order valence-corrected chi connectivity index (χ4v) is 11.9. The zero-order chi connectivity index (χ0) is 59.2. The summed E-state index contributed by atoms with van der Waals surface area (Å²) in [6.45, 7) is 6.69. The predicted octanol–water partition coefficient (Wildman–Crippen LogP) is 26.0. The Balaban J connectivity index is 3.95. The molecule has 1 atom stereocenters. The molecule has 0 fully saturated rings. The van der Waals surface area contributed by atoms with E-state index in [2.05, 4.69) is 32.9 Å². The molecule has 0 saturated heterocycles. The highest BCUT2D eigenvalue weighted by Crippen LogP contribution is 2.20. The van der Waals surface area contributed by atoms with Crippen molar-refractivity contribution >= 4 is 17.9 Å². The monoisotopic (exact) mass is 1160 g/mol. The Morgan fingerprint density at radius 3 is 0.610 bits per heavy atom. The van der Waals surface area contributed by atoms with Gasteiger partial charge < -0.3 is 14.2 Å². The summed E-state index contributed by atoms with van der Waals surface area (Å²) in [5.74, 6) is -0.837. The molecule has 6 heteroatoms. The normalized spacial score (nSPS) is 12.0. The standard InChI is InChI=1S/C76H146O6/c1-4-7-10-13-16-18-20-22-24-26-28-30-32-34-35-36-37-38-39-40-42-43-45-47-49-51-53-55-57-60-63-66-69-75(78)81-72-73(71-80-74(77)68-65-62-59-15-12-9-6-3)82-76(79)70-67-64-61-58-56-54-52-50-48-46-44-41-33-31-29-27-25-23-21-19-17-14-11-8-5-2/h27,29,73H,4-26,28,30-72H2,1-3H3/b29-27-. The van der Waals surface area contributed by atoms with E-state index in [1.807, 2.05) is 0 Å². The van der Waals surface area contributed by atoms with Gasteiger partial charge >= 0.3 is 17.9 Å². The Kier molecular flexibility index (Phi) is 70.0. The average molecular weight is 1160 g/mol. The van der Waals surface area contributed by atoms with Gasteiger partial charge in [-0.3, -0.25) is 14.4 Å². The second-order valence-electron chi connectivity index (χ2n) is 25.9. The van der Waals surface area contributed by atoms with Crippen LogP contribution in [0.4, 0.5) is 0 Å². The molecule has 6 nitrogen and oxygen atoms in total. The molecule has 0 aliphatic rings. The minimum Gasteiger partial charge on any atom is -0.462 e. The van der Waals surface area contributed by atoms with Crippen LogP contribution in [0.2, 0.25) is 0 Å². The van der Waals surface area contributed by atoms with Crippen molar-refractivity contribution in [1.82, 2.24) is 0 Å². The second kappa shape index (κ2) is 71.6. The summed E-state index contributed by atoms with van der Waals surface area (Å²) in [5, 5.41) is 0. The number of hydrogen-bond donors (Lipinski definition) is 0. The van der Waals surface area contributed by atoms with Crippen molar-refractivity contribution in [1.29, 1.82) is 0 Å². The molecule has 0 aliphatic carbocycles. The Labute approximate surface area is 513 Å². The Hall–Kier alpha value is -1.85. The zero-order valence-electron chi connectivity index (χ0n) is 56.1. The average Bonchev–Trinajstić information content (AvgIpc) is 3.48. The van der Waals surface area contributed by atoms with Crippen LogP contribution in [0.15, 0.2) is 12.2 Å². The third kappa shape index (κ3) is 68.9. The van der Waals surface area contributed by atoms with Crippen LogP contribution < -0.4 is 0 Å². The summed E-state index contributed by atoms with van der Waals surface area (Å²) in [7, 11) is 0. The van der Waals surface area contributed by atoms with Gasteiger partial charge in [0.05, 0.1) is 0 Å². The van der Waals surface area contributed by atoms with Crippen LogP contribution in [0.3, 0.4) is 0 Å². The molecule has 0 aliphatic heterocycles. The van der Waals surface area contributed by atoms with Crippen molar-refractivity contribution in [2.75, 3.05) is 13.2 Å². The van der Waals surface area contributed by atoms with Crippen molar-refractivity contribution in [3.63, 3.8) is 0 Å². The molecule has 486 valence electrons. The maximum atomic E-state index is 12.9. The van der Waals surface area contributed by atoms with Crippen LogP contribution in [0, 0.1) is 0 Å². The van der Waals surface area contributed by atoms with Crippen LogP contribution in [-0.4, -0.2) is 37.2 Å². The maximum Gasteiger partial charge on any atom is 0.306 e. The summed E-state index contributed by atoms with van der Waals surface area (Å²) in [4.78, 5) is 38.2. The molecule has 0 N–H and O–H groups in total. The van der Waals surface area contributed by atoms with Crippen LogP contribution in [-0.2, 0) is 28.6 Å². The van der Waals surface area contributed by atoms with Crippen LogP contribution in [0.25, 0.3) is 0 Å². The smallest absolute Gasteiger partial charge is 0.306 e. The van der Waals surface area contributed by atoms with Gasteiger partial charge in [-0.15, -0.1) is 0 Å². The highest BCUT2D eigenvalue weighted by Gasteiger charge is 2.20. The van der Waals surface area contributed by atoms with E-state index >= 15 is 0 Å². The minimum atomic E-state index is -0.765. The maximum absolute atomic E-state index is 12.9. The first-order chi connectivity index (χ1) is 40.5. The van der Waals surface area contributed by atoms with Gasteiger partial charge in [-0.25, -0.2) is 0 Å². The van der Waals surface area contributed by atoms with Crippen LogP contribution in [0.1, 0.15) is 438 Å². The summed E-state index contributed by atoms with van der Waals surface area (Å²) in [6, 6.07) is 0. The molecular weight excluding hydrogens is 1010 g/mol. The SMILES string of the molecule is CCCCCCCCCC/C=C\CCCCCCCCCCCCCCCC(=O)OC(COC(=O)CCCCCCCCC)COC(=O)CCCCCCCCCCCCCCCCCCCCCCCCCCCCCCCCCC. The Morgan fingerprint density at radius 2 is 0.402 bits per heavy atom. The minimum absolute atomic E-state index is 0.0635. The highest BCUT2D eigenvalue weighted by molar-refractivity contribution is 5.71. The summed E-state index contributed by atoms with van der Waals surface area (Å²) in [6.07, 6.45) is 87.3. The summed E-state index contributed by atoms with van der Waals surface area (Å²) in [5.41, 5.74) is 0. The van der Waals surface area contributed by atoms with E-state index in [-0.39, 0.29) is 31.1 Å². The van der Waals surface area contributed by atoms with Gasteiger partial charge in [0.15, 0.2) is 6.10 Å². The van der Waals surface area contributed by atoms with Gasteiger partial charge in [-0.1, -0.05) is 386 Å². The van der Waals surface area contributed by atoms with Gasteiger partial charge in [0.1, 0.15) is 13.2 Å². The van der Waals surface area contributed by atoms with E-state index in [0.29, 0.717) is 19.3 Å². The highest BCUT2D eigenvalue weighted by atomic mass is 16.6. The topological polar surface area (TPSA) is 78.9 Å². The molecule has 0 aromatic heterocycles. The van der Waals surface area contributed by atoms with Crippen LogP contribution >= 0.6 is 0 Å². The van der Waals surface area contributed by atoms with E-state index in [9.17, 15) is 14.4 Å². The molecule has 0 saturated carbocycles.